The second-order valence-corrected chi connectivity index (χ2v) is 6.03. The zero-order valence-electron chi connectivity index (χ0n) is 11.4. The van der Waals surface area contributed by atoms with Crippen molar-refractivity contribution in [2.45, 2.75) is 25.4 Å². The first-order chi connectivity index (χ1) is 9.81. The Kier molecular flexibility index (Phi) is 4.62. The molecule has 3 rings (SSSR count). The maximum atomic E-state index is 12.0. The molecule has 20 heavy (non-hydrogen) atoms. The van der Waals surface area contributed by atoms with Gasteiger partial charge in [-0.2, -0.15) is 0 Å². The van der Waals surface area contributed by atoms with Gasteiger partial charge in [0.1, 0.15) is 0 Å². The van der Waals surface area contributed by atoms with Crippen molar-refractivity contribution < 1.29 is 9.53 Å². The molecule has 2 N–H and O–H groups in total. The van der Waals surface area contributed by atoms with Gasteiger partial charge in [-0.25, -0.2) is 4.98 Å². The Labute approximate surface area is 122 Å². The van der Waals surface area contributed by atoms with Crippen LogP contribution >= 0.6 is 11.3 Å². The molecule has 3 heterocycles. The van der Waals surface area contributed by atoms with Crippen LogP contribution < -0.4 is 10.6 Å². The summed E-state index contributed by atoms with van der Waals surface area (Å²) in [5.41, 5.74) is 1.02. The third-order valence-corrected chi connectivity index (χ3v) is 4.45. The predicted molar refractivity (Wildman–Crippen MR) is 77.9 cm³/mol. The van der Waals surface area contributed by atoms with E-state index in [2.05, 4.69) is 20.5 Å². The molecule has 1 aromatic rings. The molecular weight excluding hydrogens is 276 g/mol. The normalized spacial score (nSPS) is 23.9. The van der Waals surface area contributed by atoms with Crippen molar-refractivity contribution in [1.82, 2.24) is 15.2 Å². The standard InChI is InChI=1S/C13H20N4O2S/c18-12(11-2-1-3-14-11)16-13-15-10(9-20-13)8-17-4-6-19-7-5-17/h9,11,14H,1-8H2,(H,15,16,18). The van der Waals surface area contributed by atoms with Gasteiger partial charge >= 0.3 is 0 Å². The number of rotatable bonds is 4. The van der Waals surface area contributed by atoms with E-state index in [9.17, 15) is 4.79 Å². The number of nitrogens with zero attached hydrogens (tertiary/aromatic N) is 2. The molecule has 7 heteroatoms. The largest absolute Gasteiger partial charge is 0.379 e. The lowest BCUT2D eigenvalue weighted by atomic mass is 10.2. The number of hydrogen-bond acceptors (Lipinski definition) is 6. The fraction of sp³-hybridized carbons (Fsp3) is 0.692. The molecule has 1 atom stereocenters. The monoisotopic (exact) mass is 296 g/mol. The van der Waals surface area contributed by atoms with E-state index >= 15 is 0 Å². The summed E-state index contributed by atoms with van der Waals surface area (Å²) in [6.45, 7) is 5.24. The molecule has 2 saturated heterocycles. The van der Waals surface area contributed by atoms with E-state index in [-0.39, 0.29) is 11.9 Å². The van der Waals surface area contributed by atoms with Gasteiger partial charge in [-0.15, -0.1) is 11.3 Å². The minimum atomic E-state index is -0.0541. The smallest absolute Gasteiger partial charge is 0.243 e. The molecule has 0 radical (unpaired) electrons. The highest BCUT2D eigenvalue weighted by Gasteiger charge is 2.22. The molecule has 0 aromatic carbocycles. The lowest BCUT2D eigenvalue weighted by Crippen LogP contribution is -2.36. The third-order valence-electron chi connectivity index (χ3n) is 3.65. The Hall–Kier alpha value is -1.02. The quantitative estimate of drug-likeness (QED) is 0.855. The minimum Gasteiger partial charge on any atom is -0.379 e. The van der Waals surface area contributed by atoms with Gasteiger partial charge in [-0.05, 0) is 19.4 Å². The molecular formula is C13H20N4O2S. The number of anilines is 1. The van der Waals surface area contributed by atoms with E-state index in [1.807, 2.05) is 5.38 Å². The van der Waals surface area contributed by atoms with Gasteiger partial charge in [-0.1, -0.05) is 0 Å². The third kappa shape index (κ3) is 3.54. The van der Waals surface area contributed by atoms with Crippen LogP contribution in [0.3, 0.4) is 0 Å². The van der Waals surface area contributed by atoms with Gasteiger partial charge in [0, 0.05) is 25.0 Å². The van der Waals surface area contributed by atoms with Crippen molar-refractivity contribution in [2.75, 3.05) is 38.2 Å². The van der Waals surface area contributed by atoms with Crippen molar-refractivity contribution in [3.05, 3.63) is 11.1 Å². The highest BCUT2D eigenvalue weighted by molar-refractivity contribution is 7.13. The van der Waals surface area contributed by atoms with Crippen LogP contribution in [0.15, 0.2) is 5.38 Å². The topological polar surface area (TPSA) is 66.5 Å². The summed E-state index contributed by atoms with van der Waals surface area (Å²) in [4.78, 5) is 18.8. The van der Waals surface area contributed by atoms with Crippen LogP contribution in [0.4, 0.5) is 5.13 Å². The summed E-state index contributed by atoms with van der Waals surface area (Å²) < 4.78 is 5.33. The average Bonchev–Trinajstić information content (AvgIpc) is 3.11. The van der Waals surface area contributed by atoms with Crippen LogP contribution in [0.5, 0.6) is 0 Å². The van der Waals surface area contributed by atoms with Gasteiger partial charge in [0.05, 0.1) is 24.9 Å². The number of aromatic nitrogens is 1. The van der Waals surface area contributed by atoms with Crippen LogP contribution in [-0.2, 0) is 16.1 Å². The molecule has 0 bridgehead atoms. The van der Waals surface area contributed by atoms with Crippen molar-refractivity contribution >= 4 is 22.4 Å². The van der Waals surface area contributed by atoms with Crippen molar-refractivity contribution in [1.29, 1.82) is 0 Å². The molecule has 1 amide bonds. The molecule has 2 aliphatic heterocycles. The first kappa shape index (κ1) is 13.9. The number of ether oxygens (including phenoxy) is 1. The van der Waals surface area contributed by atoms with Crippen LogP contribution in [0, 0.1) is 0 Å². The van der Waals surface area contributed by atoms with Gasteiger partial charge in [0.25, 0.3) is 0 Å². The molecule has 0 aliphatic carbocycles. The lowest BCUT2D eigenvalue weighted by molar-refractivity contribution is -0.117. The van der Waals surface area contributed by atoms with E-state index < -0.39 is 0 Å². The highest BCUT2D eigenvalue weighted by Crippen LogP contribution is 2.18. The summed E-state index contributed by atoms with van der Waals surface area (Å²) in [6, 6.07) is -0.0541. The fourth-order valence-corrected chi connectivity index (χ4v) is 3.23. The first-order valence-electron chi connectivity index (χ1n) is 7.10. The number of nitrogens with one attached hydrogen (secondary N) is 2. The van der Waals surface area contributed by atoms with Gasteiger partial charge < -0.3 is 15.4 Å². The van der Waals surface area contributed by atoms with E-state index in [4.69, 9.17) is 4.74 Å². The Morgan fingerprint density at radius 3 is 3.15 bits per heavy atom. The minimum absolute atomic E-state index is 0.0368. The molecule has 0 saturated carbocycles. The van der Waals surface area contributed by atoms with E-state index in [1.54, 1.807) is 0 Å². The molecule has 2 fully saturated rings. The van der Waals surface area contributed by atoms with Gasteiger partial charge in [-0.3, -0.25) is 9.69 Å². The number of morpholine rings is 1. The molecule has 1 unspecified atom stereocenters. The van der Waals surface area contributed by atoms with Crippen molar-refractivity contribution in [3.63, 3.8) is 0 Å². The fourth-order valence-electron chi connectivity index (χ4n) is 2.53. The van der Waals surface area contributed by atoms with Gasteiger partial charge in [0.15, 0.2) is 5.13 Å². The summed E-state index contributed by atoms with van der Waals surface area (Å²) in [5.74, 6) is 0.0368. The van der Waals surface area contributed by atoms with Gasteiger partial charge in [0.2, 0.25) is 5.91 Å². The van der Waals surface area contributed by atoms with Crippen LogP contribution in [0.25, 0.3) is 0 Å². The summed E-state index contributed by atoms with van der Waals surface area (Å²) in [5, 5.41) is 8.82. The molecule has 1 aromatic heterocycles. The lowest BCUT2D eigenvalue weighted by Gasteiger charge is -2.25. The summed E-state index contributed by atoms with van der Waals surface area (Å²) >= 11 is 1.50. The molecule has 0 spiro atoms. The number of carbonyl (C=O) groups is 1. The predicted octanol–water partition coefficient (Wildman–Crippen LogP) is 0.666. The van der Waals surface area contributed by atoms with Crippen LogP contribution in [-0.4, -0.2) is 54.7 Å². The molecule has 110 valence electrons. The number of thiazole rings is 1. The maximum absolute atomic E-state index is 12.0. The number of amides is 1. The second-order valence-electron chi connectivity index (χ2n) is 5.17. The number of carbonyl (C=O) groups excluding carboxylic acids is 1. The van der Waals surface area contributed by atoms with Crippen molar-refractivity contribution in [3.8, 4) is 0 Å². The summed E-state index contributed by atoms with van der Waals surface area (Å²) in [7, 11) is 0. The Balaban J connectivity index is 1.52. The average molecular weight is 296 g/mol. The second kappa shape index (κ2) is 6.62. The SMILES string of the molecule is O=C(Nc1nc(CN2CCOCC2)cs1)C1CCCN1. The maximum Gasteiger partial charge on any atom is 0.243 e. The zero-order chi connectivity index (χ0) is 13.8. The van der Waals surface area contributed by atoms with E-state index in [0.29, 0.717) is 5.13 Å². The zero-order valence-corrected chi connectivity index (χ0v) is 12.2. The summed E-state index contributed by atoms with van der Waals surface area (Å²) in [6.07, 6.45) is 1.98. The van der Waals surface area contributed by atoms with E-state index in [0.717, 1.165) is 57.9 Å². The van der Waals surface area contributed by atoms with Crippen LogP contribution in [0.1, 0.15) is 18.5 Å². The number of hydrogen-bond donors (Lipinski definition) is 2. The Bertz CT molecular complexity index is 453. The van der Waals surface area contributed by atoms with E-state index in [1.165, 1.54) is 11.3 Å². The molecule has 2 aliphatic rings. The van der Waals surface area contributed by atoms with Crippen LogP contribution in [0.2, 0.25) is 0 Å². The Morgan fingerprint density at radius 2 is 2.40 bits per heavy atom. The highest BCUT2D eigenvalue weighted by atomic mass is 32.1. The first-order valence-corrected chi connectivity index (χ1v) is 7.98. The van der Waals surface area contributed by atoms with Crippen molar-refractivity contribution in [2.24, 2.45) is 0 Å². The molecule has 6 nitrogen and oxygen atoms in total. The Morgan fingerprint density at radius 1 is 1.55 bits per heavy atom.